The van der Waals surface area contributed by atoms with Gasteiger partial charge in [0.15, 0.2) is 0 Å². The lowest BCUT2D eigenvalue weighted by Crippen LogP contribution is -2.18. The van der Waals surface area contributed by atoms with Crippen LogP contribution in [-0.4, -0.2) is 28.3 Å². The van der Waals surface area contributed by atoms with Crippen molar-refractivity contribution in [1.82, 2.24) is 0 Å². The average molecular weight is 242 g/mol. The Bertz CT molecular complexity index is 391. The van der Waals surface area contributed by atoms with Crippen LogP contribution < -0.4 is 0 Å². The maximum Gasteiger partial charge on any atom is 0.240 e. The van der Waals surface area contributed by atoms with Gasteiger partial charge < -0.3 is 10.2 Å². The Morgan fingerprint density at radius 3 is 2.69 bits per heavy atom. The number of para-hydroxylation sites is 1. The third-order valence-electron chi connectivity index (χ3n) is 2.19. The molecule has 0 bridgehead atoms. The Morgan fingerprint density at radius 1 is 1.38 bits per heavy atom. The SMILES string of the molecule is O=C=Nc1ccccc1C(O)C(O)CCCl. The number of alkyl halides is 1. The fourth-order valence-electron chi connectivity index (χ4n) is 1.37. The molecule has 0 heterocycles. The summed E-state index contributed by atoms with van der Waals surface area (Å²) >= 11 is 5.47. The summed E-state index contributed by atoms with van der Waals surface area (Å²) in [5, 5.41) is 19.4. The van der Waals surface area contributed by atoms with Gasteiger partial charge in [-0.3, -0.25) is 0 Å². The van der Waals surface area contributed by atoms with Gasteiger partial charge in [-0.25, -0.2) is 4.79 Å². The standard InChI is InChI=1S/C11H12ClNO3/c12-6-5-10(15)11(16)8-3-1-2-4-9(8)13-7-14/h1-4,10-11,15-16H,5-6H2. The van der Waals surface area contributed by atoms with Gasteiger partial charge in [-0.2, -0.15) is 4.99 Å². The first kappa shape index (κ1) is 12.9. The zero-order valence-corrected chi connectivity index (χ0v) is 9.26. The molecule has 0 aliphatic carbocycles. The Morgan fingerprint density at radius 2 is 2.06 bits per heavy atom. The maximum atomic E-state index is 10.2. The summed E-state index contributed by atoms with van der Waals surface area (Å²) in [6.07, 6.45) is -0.404. The van der Waals surface area contributed by atoms with Crippen LogP contribution in [0.3, 0.4) is 0 Å². The van der Waals surface area contributed by atoms with Crippen molar-refractivity contribution in [2.75, 3.05) is 5.88 Å². The normalized spacial score (nSPS) is 13.9. The lowest BCUT2D eigenvalue weighted by atomic mass is 10.0. The molecule has 0 aliphatic heterocycles. The minimum atomic E-state index is -1.10. The summed E-state index contributed by atoms with van der Waals surface area (Å²) in [5.41, 5.74) is 0.696. The fraction of sp³-hybridized carbons (Fsp3) is 0.364. The van der Waals surface area contributed by atoms with Gasteiger partial charge in [0, 0.05) is 11.4 Å². The molecule has 0 aromatic heterocycles. The molecule has 5 heteroatoms. The van der Waals surface area contributed by atoms with Crippen molar-refractivity contribution < 1.29 is 15.0 Å². The van der Waals surface area contributed by atoms with Gasteiger partial charge >= 0.3 is 0 Å². The summed E-state index contributed by atoms with van der Waals surface area (Å²) in [7, 11) is 0. The van der Waals surface area contributed by atoms with Crippen molar-refractivity contribution in [3.05, 3.63) is 29.8 Å². The van der Waals surface area contributed by atoms with Crippen LogP contribution in [0, 0.1) is 0 Å². The van der Waals surface area contributed by atoms with E-state index in [4.69, 9.17) is 11.6 Å². The second kappa shape index (κ2) is 6.40. The van der Waals surface area contributed by atoms with E-state index in [0.717, 1.165) is 0 Å². The zero-order chi connectivity index (χ0) is 12.0. The molecule has 2 unspecified atom stereocenters. The molecule has 1 rings (SSSR count). The quantitative estimate of drug-likeness (QED) is 0.468. The molecule has 86 valence electrons. The number of aliphatic imine (C=N–C) groups is 1. The molecule has 0 spiro atoms. The van der Waals surface area contributed by atoms with Crippen molar-refractivity contribution >= 4 is 23.4 Å². The van der Waals surface area contributed by atoms with Crippen molar-refractivity contribution in [3.63, 3.8) is 0 Å². The molecule has 2 atom stereocenters. The Kier molecular flexibility index (Phi) is 5.15. The highest BCUT2D eigenvalue weighted by Gasteiger charge is 2.20. The van der Waals surface area contributed by atoms with Gasteiger partial charge in [-0.15, -0.1) is 11.6 Å². The first-order chi connectivity index (χ1) is 7.70. The molecule has 2 N–H and O–H groups in total. The fourth-order valence-corrected chi connectivity index (χ4v) is 1.59. The van der Waals surface area contributed by atoms with E-state index in [-0.39, 0.29) is 12.3 Å². The third-order valence-corrected chi connectivity index (χ3v) is 2.41. The van der Waals surface area contributed by atoms with Crippen LogP contribution in [0.2, 0.25) is 0 Å². The van der Waals surface area contributed by atoms with Gasteiger partial charge in [-0.1, -0.05) is 18.2 Å². The number of halogens is 1. The Balaban J connectivity index is 2.97. The van der Waals surface area contributed by atoms with Crippen LogP contribution in [0.4, 0.5) is 5.69 Å². The van der Waals surface area contributed by atoms with Crippen LogP contribution in [0.25, 0.3) is 0 Å². The number of aliphatic hydroxyl groups excluding tert-OH is 2. The van der Waals surface area contributed by atoms with E-state index in [1.54, 1.807) is 24.3 Å². The molecular formula is C11H12ClNO3. The number of hydrogen-bond donors (Lipinski definition) is 2. The number of rotatable bonds is 5. The summed E-state index contributed by atoms with van der Waals surface area (Å²) in [6, 6.07) is 6.53. The maximum absolute atomic E-state index is 10.2. The van der Waals surface area contributed by atoms with Crippen LogP contribution in [0.15, 0.2) is 29.3 Å². The predicted molar refractivity (Wildman–Crippen MR) is 60.5 cm³/mol. The monoisotopic (exact) mass is 241 g/mol. The number of hydrogen-bond acceptors (Lipinski definition) is 4. The molecule has 0 amide bonds. The van der Waals surface area contributed by atoms with E-state index < -0.39 is 12.2 Å². The predicted octanol–water partition coefficient (Wildman–Crippen LogP) is 1.68. The van der Waals surface area contributed by atoms with E-state index in [1.165, 1.54) is 6.08 Å². The molecule has 1 aromatic rings. The van der Waals surface area contributed by atoms with Gasteiger partial charge in [0.05, 0.1) is 11.8 Å². The molecule has 16 heavy (non-hydrogen) atoms. The van der Waals surface area contributed by atoms with Gasteiger partial charge in [0.1, 0.15) is 6.10 Å². The van der Waals surface area contributed by atoms with Crippen LogP contribution in [-0.2, 0) is 4.79 Å². The van der Waals surface area contributed by atoms with Crippen molar-refractivity contribution in [1.29, 1.82) is 0 Å². The highest BCUT2D eigenvalue weighted by molar-refractivity contribution is 6.17. The van der Waals surface area contributed by atoms with E-state index in [2.05, 4.69) is 4.99 Å². The largest absolute Gasteiger partial charge is 0.390 e. The van der Waals surface area contributed by atoms with Gasteiger partial charge in [-0.05, 0) is 12.5 Å². The summed E-state index contributed by atoms with van der Waals surface area (Å²) in [4.78, 5) is 13.6. The highest BCUT2D eigenvalue weighted by Crippen LogP contribution is 2.28. The van der Waals surface area contributed by atoms with Gasteiger partial charge in [0.2, 0.25) is 6.08 Å². The zero-order valence-electron chi connectivity index (χ0n) is 8.51. The molecule has 0 saturated carbocycles. The molecule has 1 aromatic carbocycles. The van der Waals surface area contributed by atoms with E-state index in [0.29, 0.717) is 11.3 Å². The molecule has 0 saturated heterocycles. The molecule has 0 fully saturated rings. The molecule has 0 radical (unpaired) electrons. The lowest BCUT2D eigenvalue weighted by Gasteiger charge is -2.18. The Hall–Kier alpha value is -1.19. The second-order valence-corrected chi connectivity index (χ2v) is 3.63. The molecule has 4 nitrogen and oxygen atoms in total. The number of isocyanates is 1. The van der Waals surface area contributed by atoms with Crippen molar-refractivity contribution in [2.24, 2.45) is 4.99 Å². The first-order valence-corrected chi connectivity index (χ1v) is 5.33. The number of aliphatic hydroxyl groups is 2. The first-order valence-electron chi connectivity index (χ1n) is 4.79. The van der Waals surface area contributed by atoms with Crippen molar-refractivity contribution in [2.45, 2.75) is 18.6 Å². The second-order valence-electron chi connectivity index (χ2n) is 3.25. The topological polar surface area (TPSA) is 69.9 Å². The van der Waals surface area contributed by atoms with E-state index >= 15 is 0 Å². The summed E-state index contributed by atoms with van der Waals surface area (Å²) < 4.78 is 0. The van der Waals surface area contributed by atoms with Crippen molar-refractivity contribution in [3.8, 4) is 0 Å². The Labute approximate surface area is 98.2 Å². The molecular weight excluding hydrogens is 230 g/mol. The number of nitrogens with zero attached hydrogens (tertiary/aromatic N) is 1. The summed E-state index contributed by atoms with van der Waals surface area (Å²) in [5.74, 6) is 0.247. The smallest absolute Gasteiger partial charge is 0.240 e. The average Bonchev–Trinajstić information content (AvgIpc) is 2.29. The van der Waals surface area contributed by atoms with E-state index in [9.17, 15) is 15.0 Å². The minimum absolute atomic E-state index is 0.247. The number of benzene rings is 1. The minimum Gasteiger partial charge on any atom is -0.390 e. The third kappa shape index (κ3) is 3.15. The van der Waals surface area contributed by atoms with Crippen LogP contribution in [0.1, 0.15) is 18.1 Å². The summed E-state index contributed by atoms with van der Waals surface area (Å²) in [6.45, 7) is 0. The highest BCUT2D eigenvalue weighted by atomic mass is 35.5. The molecule has 0 aliphatic rings. The van der Waals surface area contributed by atoms with Gasteiger partial charge in [0.25, 0.3) is 0 Å². The van der Waals surface area contributed by atoms with Crippen LogP contribution >= 0.6 is 11.6 Å². The van der Waals surface area contributed by atoms with Crippen LogP contribution in [0.5, 0.6) is 0 Å². The number of carbonyl (C=O) groups excluding carboxylic acids is 1. The lowest BCUT2D eigenvalue weighted by molar-refractivity contribution is 0.0173. The van der Waals surface area contributed by atoms with E-state index in [1.807, 2.05) is 0 Å².